The molecule has 1 aliphatic rings. The van der Waals surface area contributed by atoms with E-state index in [4.69, 9.17) is 4.74 Å². The second-order valence-corrected chi connectivity index (χ2v) is 5.68. The van der Waals surface area contributed by atoms with Crippen LogP contribution >= 0.6 is 15.9 Å². The molecule has 0 amide bonds. The van der Waals surface area contributed by atoms with E-state index in [1.807, 2.05) is 6.07 Å². The van der Waals surface area contributed by atoms with E-state index in [2.05, 4.69) is 38.4 Å². The molecule has 20 heavy (non-hydrogen) atoms. The molecular formula is C15H15BrN2O2. The summed E-state index contributed by atoms with van der Waals surface area (Å²) in [6.07, 6.45) is 2.43. The van der Waals surface area contributed by atoms with Crippen LogP contribution in [0.15, 0.2) is 34.9 Å². The number of pyridine rings is 1. The van der Waals surface area contributed by atoms with Crippen LogP contribution in [0.5, 0.6) is 11.5 Å². The number of aromatic hydroxyl groups is 1. The van der Waals surface area contributed by atoms with E-state index in [9.17, 15) is 5.11 Å². The molecule has 0 saturated carbocycles. The van der Waals surface area contributed by atoms with Crippen LogP contribution in [-0.2, 0) is 19.5 Å². The summed E-state index contributed by atoms with van der Waals surface area (Å²) in [6.45, 7) is 2.14. The van der Waals surface area contributed by atoms with Gasteiger partial charge in [0.1, 0.15) is 11.5 Å². The second-order valence-electron chi connectivity index (χ2n) is 4.76. The lowest BCUT2D eigenvalue weighted by atomic mass is 10.1. The number of nitrogens with one attached hydrogen (secondary N) is 1. The van der Waals surface area contributed by atoms with E-state index in [0.717, 1.165) is 41.1 Å². The topological polar surface area (TPSA) is 54.4 Å². The lowest BCUT2D eigenvalue weighted by molar-refractivity contribution is 0.352. The van der Waals surface area contributed by atoms with Gasteiger partial charge in [0.25, 0.3) is 0 Å². The fourth-order valence-corrected chi connectivity index (χ4v) is 2.88. The molecule has 0 spiro atoms. The Bertz CT molecular complexity index is 614. The smallest absolute Gasteiger partial charge is 0.133 e. The zero-order valence-corrected chi connectivity index (χ0v) is 12.5. The standard InChI is InChI=1S/C15H15BrN2O2/c16-12-5-10-3-4-20-15(10)11(6-12)7-17-8-13-1-2-14(19)9-18-13/h1-2,5-6,9,17,19H,3-4,7-8H2. The molecule has 2 heterocycles. The summed E-state index contributed by atoms with van der Waals surface area (Å²) >= 11 is 3.54. The maximum atomic E-state index is 9.19. The van der Waals surface area contributed by atoms with E-state index in [0.29, 0.717) is 6.54 Å². The van der Waals surface area contributed by atoms with Crippen molar-refractivity contribution in [3.63, 3.8) is 0 Å². The number of ether oxygens (including phenoxy) is 1. The van der Waals surface area contributed by atoms with Crippen LogP contribution in [-0.4, -0.2) is 16.7 Å². The zero-order valence-electron chi connectivity index (χ0n) is 10.9. The van der Waals surface area contributed by atoms with Crippen molar-refractivity contribution < 1.29 is 9.84 Å². The second kappa shape index (κ2) is 5.81. The molecule has 0 atom stereocenters. The lowest BCUT2D eigenvalue weighted by Crippen LogP contribution is -2.14. The SMILES string of the molecule is Oc1ccc(CNCc2cc(Br)cc3c2OCC3)nc1. The highest BCUT2D eigenvalue weighted by Crippen LogP contribution is 2.32. The van der Waals surface area contributed by atoms with Crippen molar-refractivity contribution in [1.82, 2.24) is 10.3 Å². The van der Waals surface area contributed by atoms with Gasteiger partial charge in [-0.3, -0.25) is 4.98 Å². The van der Waals surface area contributed by atoms with Gasteiger partial charge in [0, 0.05) is 29.5 Å². The molecule has 2 N–H and O–H groups in total. The third-order valence-corrected chi connectivity index (χ3v) is 3.71. The summed E-state index contributed by atoms with van der Waals surface area (Å²) in [6, 6.07) is 7.66. The van der Waals surface area contributed by atoms with Crippen LogP contribution in [0.1, 0.15) is 16.8 Å². The summed E-state index contributed by atoms with van der Waals surface area (Å²) in [4.78, 5) is 4.15. The van der Waals surface area contributed by atoms with Crippen molar-refractivity contribution in [2.45, 2.75) is 19.5 Å². The normalized spacial score (nSPS) is 13.1. The van der Waals surface area contributed by atoms with E-state index < -0.39 is 0 Å². The molecule has 0 radical (unpaired) electrons. The number of benzene rings is 1. The van der Waals surface area contributed by atoms with Gasteiger partial charge in [-0.2, -0.15) is 0 Å². The summed E-state index contributed by atoms with van der Waals surface area (Å²) in [7, 11) is 0. The molecule has 0 unspecified atom stereocenters. The highest BCUT2D eigenvalue weighted by Gasteiger charge is 2.17. The van der Waals surface area contributed by atoms with Gasteiger partial charge >= 0.3 is 0 Å². The van der Waals surface area contributed by atoms with Gasteiger partial charge in [-0.15, -0.1) is 0 Å². The summed E-state index contributed by atoms with van der Waals surface area (Å²) in [5.74, 6) is 1.20. The maximum Gasteiger partial charge on any atom is 0.133 e. The number of rotatable bonds is 4. The van der Waals surface area contributed by atoms with Crippen molar-refractivity contribution in [3.05, 3.63) is 51.8 Å². The minimum atomic E-state index is 0.187. The maximum absolute atomic E-state index is 9.19. The Morgan fingerprint density at radius 2 is 2.20 bits per heavy atom. The van der Waals surface area contributed by atoms with Crippen molar-refractivity contribution in [1.29, 1.82) is 0 Å². The first kappa shape index (κ1) is 13.4. The van der Waals surface area contributed by atoms with Crippen molar-refractivity contribution >= 4 is 15.9 Å². The molecule has 0 fully saturated rings. The highest BCUT2D eigenvalue weighted by atomic mass is 79.9. The Morgan fingerprint density at radius 1 is 1.30 bits per heavy atom. The first-order valence-corrected chi connectivity index (χ1v) is 7.30. The average molecular weight is 335 g/mol. The highest BCUT2D eigenvalue weighted by molar-refractivity contribution is 9.10. The fraction of sp³-hybridized carbons (Fsp3) is 0.267. The molecule has 3 rings (SSSR count). The van der Waals surface area contributed by atoms with Crippen LogP contribution in [0.3, 0.4) is 0 Å². The van der Waals surface area contributed by atoms with Gasteiger partial charge < -0.3 is 15.2 Å². The summed E-state index contributed by atoms with van der Waals surface area (Å²) in [5, 5.41) is 12.5. The van der Waals surface area contributed by atoms with E-state index >= 15 is 0 Å². The predicted molar refractivity (Wildman–Crippen MR) is 79.8 cm³/mol. The van der Waals surface area contributed by atoms with E-state index in [1.165, 1.54) is 11.8 Å². The lowest BCUT2D eigenvalue weighted by Gasteiger charge is -2.10. The number of hydrogen-bond acceptors (Lipinski definition) is 4. The Kier molecular flexibility index (Phi) is 3.89. The minimum absolute atomic E-state index is 0.187. The molecule has 0 saturated heterocycles. The molecule has 1 aromatic carbocycles. The van der Waals surface area contributed by atoms with Crippen LogP contribution in [0, 0.1) is 0 Å². The zero-order chi connectivity index (χ0) is 13.9. The van der Waals surface area contributed by atoms with Crippen LogP contribution in [0.25, 0.3) is 0 Å². The van der Waals surface area contributed by atoms with Gasteiger partial charge in [-0.1, -0.05) is 15.9 Å². The molecule has 0 aliphatic carbocycles. The molecule has 104 valence electrons. The van der Waals surface area contributed by atoms with E-state index in [-0.39, 0.29) is 5.75 Å². The van der Waals surface area contributed by atoms with Crippen LogP contribution in [0.2, 0.25) is 0 Å². The summed E-state index contributed by atoms with van der Waals surface area (Å²) < 4.78 is 6.78. The Morgan fingerprint density at radius 3 is 3.00 bits per heavy atom. The first-order valence-electron chi connectivity index (χ1n) is 6.51. The van der Waals surface area contributed by atoms with Gasteiger partial charge in [0.2, 0.25) is 0 Å². The molecule has 2 aromatic rings. The van der Waals surface area contributed by atoms with Gasteiger partial charge in [0.05, 0.1) is 18.5 Å². The molecule has 5 heteroatoms. The molecule has 1 aromatic heterocycles. The molecule has 1 aliphatic heterocycles. The quantitative estimate of drug-likeness (QED) is 0.902. The Labute approximate surface area is 125 Å². The van der Waals surface area contributed by atoms with Crippen LogP contribution in [0.4, 0.5) is 0 Å². The summed E-state index contributed by atoms with van der Waals surface area (Å²) in [5.41, 5.74) is 3.32. The predicted octanol–water partition coefficient (Wildman–Crippen LogP) is 2.77. The monoisotopic (exact) mass is 334 g/mol. The Balaban J connectivity index is 1.65. The van der Waals surface area contributed by atoms with E-state index in [1.54, 1.807) is 6.07 Å². The number of aromatic nitrogens is 1. The Hall–Kier alpha value is -1.59. The third-order valence-electron chi connectivity index (χ3n) is 3.26. The van der Waals surface area contributed by atoms with Crippen LogP contribution < -0.4 is 10.1 Å². The number of hydrogen-bond donors (Lipinski definition) is 2. The number of nitrogens with zero attached hydrogens (tertiary/aromatic N) is 1. The fourth-order valence-electron chi connectivity index (χ4n) is 2.32. The number of halogens is 1. The average Bonchev–Trinajstić information content (AvgIpc) is 2.89. The molecule has 0 bridgehead atoms. The third kappa shape index (κ3) is 2.94. The van der Waals surface area contributed by atoms with Gasteiger partial charge in [-0.25, -0.2) is 0 Å². The minimum Gasteiger partial charge on any atom is -0.506 e. The van der Waals surface area contributed by atoms with Crippen molar-refractivity contribution in [3.8, 4) is 11.5 Å². The van der Waals surface area contributed by atoms with Gasteiger partial charge in [-0.05, 0) is 29.8 Å². The van der Waals surface area contributed by atoms with Crippen molar-refractivity contribution in [2.24, 2.45) is 0 Å². The molecule has 4 nitrogen and oxygen atoms in total. The first-order chi connectivity index (χ1) is 9.72. The number of fused-ring (bicyclic) bond motifs is 1. The molecular weight excluding hydrogens is 320 g/mol. The largest absolute Gasteiger partial charge is 0.506 e. The van der Waals surface area contributed by atoms with Crippen molar-refractivity contribution in [2.75, 3.05) is 6.61 Å². The van der Waals surface area contributed by atoms with Gasteiger partial charge in [0.15, 0.2) is 0 Å².